The summed E-state index contributed by atoms with van der Waals surface area (Å²) in [5, 5.41) is 23.3. The number of unbranched alkanes of at least 4 members (excludes halogenated alkanes) is 12. The molecule has 2 aromatic carbocycles. The van der Waals surface area contributed by atoms with E-state index in [4.69, 9.17) is 28.4 Å². The predicted molar refractivity (Wildman–Crippen MR) is 204 cm³/mol. The van der Waals surface area contributed by atoms with Gasteiger partial charge in [0.1, 0.15) is 11.5 Å². The van der Waals surface area contributed by atoms with Crippen molar-refractivity contribution in [3.63, 3.8) is 0 Å². The number of ether oxygens (including phenoxy) is 6. The average molecular weight is 757 g/mol. The number of non-ortho nitro benzene ring substituents is 2. The zero-order chi connectivity index (χ0) is 39.0. The maximum absolute atomic E-state index is 13.2. The zero-order valence-electron chi connectivity index (χ0n) is 32.6. The molecule has 0 amide bonds. The van der Waals surface area contributed by atoms with Crippen molar-refractivity contribution in [2.45, 2.75) is 167 Å². The van der Waals surface area contributed by atoms with Crippen LogP contribution in [-0.2, 0) is 31.8 Å². The Kier molecular flexibility index (Phi) is 17.1. The van der Waals surface area contributed by atoms with Crippen LogP contribution in [0.4, 0.5) is 16.2 Å². The van der Waals surface area contributed by atoms with Crippen LogP contribution in [0.1, 0.15) is 142 Å². The summed E-state index contributed by atoms with van der Waals surface area (Å²) in [4.78, 5) is 35.5. The molecule has 13 heteroatoms. The SMILES string of the molecule is CCCCCCCCCC1(C)OCC(Cc2cc([N+](=O)[O-])ccc2OC(=O)Oc2ccc([N+](=O)[O-])cc2CC2COC(C)(CCCCCCCCC)O2)O1. The third kappa shape index (κ3) is 13.9. The van der Waals surface area contributed by atoms with Crippen LogP contribution in [0.15, 0.2) is 36.4 Å². The second-order valence-corrected chi connectivity index (χ2v) is 15.1. The van der Waals surface area contributed by atoms with Crippen molar-refractivity contribution in [3.05, 3.63) is 67.8 Å². The van der Waals surface area contributed by atoms with Gasteiger partial charge >= 0.3 is 6.16 Å². The molecule has 4 atom stereocenters. The molecule has 0 aromatic heterocycles. The number of carbonyl (C=O) groups excluding carboxylic acids is 1. The van der Waals surface area contributed by atoms with Gasteiger partial charge in [0.2, 0.25) is 0 Å². The summed E-state index contributed by atoms with van der Waals surface area (Å²) in [6.45, 7) is 8.80. The van der Waals surface area contributed by atoms with Gasteiger partial charge in [-0.15, -0.1) is 0 Å². The van der Waals surface area contributed by atoms with Crippen LogP contribution in [0.25, 0.3) is 0 Å². The van der Waals surface area contributed by atoms with Crippen molar-refractivity contribution in [1.29, 1.82) is 0 Å². The Morgan fingerprint density at radius 3 is 1.39 bits per heavy atom. The second kappa shape index (κ2) is 21.4. The first-order chi connectivity index (χ1) is 25.9. The van der Waals surface area contributed by atoms with Gasteiger partial charge in [-0.1, -0.05) is 90.9 Å². The molecule has 0 N–H and O–H groups in total. The minimum Gasteiger partial charge on any atom is -0.394 e. The van der Waals surface area contributed by atoms with Crippen molar-refractivity contribution in [2.24, 2.45) is 0 Å². The quantitative estimate of drug-likeness (QED) is 0.0330. The van der Waals surface area contributed by atoms with Gasteiger partial charge in [-0.05, 0) is 38.8 Å². The van der Waals surface area contributed by atoms with Gasteiger partial charge in [0.25, 0.3) is 11.4 Å². The number of nitro groups is 2. The van der Waals surface area contributed by atoms with E-state index in [0.717, 1.165) is 38.5 Å². The number of benzene rings is 2. The first kappa shape index (κ1) is 43.1. The molecule has 0 spiro atoms. The molecular formula is C41H60N2O11. The fraction of sp³-hybridized carbons (Fsp3) is 0.683. The number of nitrogens with zero attached hydrogens (tertiary/aromatic N) is 2. The lowest BCUT2D eigenvalue weighted by Gasteiger charge is -2.23. The summed E-state index contributed by atoms with van der Waals surface area (Å²) >= 11 is 0. The Morgan fingerprint density at radius 2 is 1.02 bits per heavy atom. The van der Waals surface area contributed by atoms with Crippen LogP contribution in [0.5, 0.6) is 11.5 Å². The van der Waals surface area contributed by atoms with Crippen molar-refractivity contribution in [1.82, 2.24) is 0 Å². The van der Waals surface area contributed by atoms with E-state index in [1.165, 1.54) is 101 Å². The molecule has 0 aliphatic carbocycles. The lowest BCUT2D eigenvalue weighted by atomic mass is 10.0. The Balaban J connectivity index is 1.37. The van der Waals surface area contributed by atoms with E-state index in [1.54, 1.807) is 0 Å². The van der Waals surface area contributed by atoms with Gasteiger partial charge in [0.05, 0.1) is 35.3 Å². The topological polar surface area (TPSA) is 159 Å². The fourth-order valence-corrected chi connectivity index (χ4v) is 7.22. The number of carbonyl (C=O) groups is 1. The third-order valence-corrected chi connectivity index (χ3v) is 10.2. The molecule has 2 aliphatic rings. The summed E-state index contributed by atoms with van der Waals surface area (Å²) < 4.78 is 35.9. The summed E-state index contributed by atoms with van der Waals surface area (Å²) in [5.74, 6) is -1.37. The summed E-state index contributed by atoms with van der Waals surface area (Å²) in [7, 11) is 0. The first-order valence-electron chi connectivity index (χ1n) is 20.0. The van der Waals surface area contributed by atoms with E-state index in [0.29, 0.717) is 11.1 Å². The zero-order valence-corrected chi connectivity index (χ0v) is 32.6. The molecule has 0 bridgehead atoms. The average Bonchev–Trinajstić information content (AvgIpc) is 3.70. The molecular weight excluding hydrogens is 696 g/mol. The van der Waals surface area contributed by atoms with Crippen molar-refractivity contribution in [2.75, 3.05) is 13.2 Å². The first-order valence-corrected chi connectivity index (χ1v) is 20.0. The van der Waals surface area contributed by atoms with Crippen molar-refractivity contribution < 1.29 is 43.1 Å². The molecule has 2 heterocycles. The van der Waals surface area contributed by atoms with Crippen LogP contribution in [0.2, 0.25) is 0 Å². The van der Waals surface area contributed by atoms with E-state index in [-0.39, 0.29) is 48.9 Å². The van der Waals surface area contributed by atoms with Crippen LogP contribution in [0.3, 0.4) is 0 Å². The maximum atomic E-state index is 13.2. The highest BCUT2D eigenvalue weighted by atomic mass is 16.8. The highest BCUT2D eigenvalue weighted by molar-refractivity contribution is 5.69. The van der Waals surface area contributed by atoms with Gasteiger partial charge in [-0.2, -0.15) is 0 Å². The van der Waals surface area contributed by atoms with E-state index in [9.17, 15) is 25.0 Å². The highest BCUT2D eigenvalue weighted by Gasteiger charge is 2.38. The smallest absolute Gasteiger partial charge is 0.394 e. The summed E-state index contributed by atoms with van der Waals surface area (Å²) in [6, 6.07) is 7.93. The van der Waals surface area contributed by atoms with Crippen LogP contribution in [0, 0.1) is 20.2 Å². The molecule has 13 nitrogen and oxygen atoms in total. The number of rotatable bonds is 24. The van der Waals surface area contributed by atoms with E-state index in [2.05, 4.69) is 13.8 Å². The predicted octanol–water partition coefficient (Wildman–Crippen LogP) is 10.7. The third-order valence-electron chi connectivity index (χ3n) is 10.2. The van der Waals surface area contributed by atoms with Gasteiger partial charge < -0.3 is 28.4 Å². The Hall–Kier alpha value is -3.65. The Bertz CT molecular complexity index is 1410. The highest BCUT2D eigenvalue weighted by Crippen LogP contribution is 2.36. The van der Waals surface area contributed by atoms with Crippen molar-refractivity contribution in [3.8, 4) is 11.5 Å². The van der Waals surface area contributed by atoms with Gasteiger partial charge in [0.15, 0.2) is 11.6 Å². The molecule has 2 fully saturated rings. The normalized spacial score (nSPS) is 22.4. The van der Waals surface area contributed by atoms with Crippen LogP contribution in [-0.4, -0.2) is 53.0 Å². The minimum absolute atomic E-state index is 0.0759. The minimum atomic E-state index is -1.10. The molecule has 0 radical (unpaired) electrons. The maximum Gasteiger partial charge on any atom is 0.519 e. The fourth-order valence-electron chi connectivity index (χ4n) is 7.22. The molecule has 4 unspecified atom stereocenters. The van der Waals surface area contributed by atoms with E-state index in [1.807, 2.05) is 13.8 Å². The molecule has 2 saturated heterocycles. The number of nitro benzene ring substituents is 2. The van der Waals surface area contributed by atoms with Crippen LogP contribution < -0.4 is 9.47 Å². The van der Waals surface area contributed by atoms with Crippen LogP contribution >= 0.6 is 0 Å². The largest absolute Gasteiger partial charge is 0.519 e. The number of hydrogen-bond donors (Lipinski definition) is 0. The molecule has 2 aliphatic heterocycles. The molecule has 54 heavy (non-hydrogen) atoms. The van der Waals surface area contributed by atoms with Gasteiger partial charge in [0, 0.05) is 61.1 Å². The second-order valence-electron chi connectivity index (χ2n) is 15.1. The lowest BCUT2D eigenvalue weighted by molar-refractivity contribution is -0.385. The lowest BCUT2D eigenvalue weighted by Crippen LogP contribution is -2.27. The summed E-state index contributed by atoms with van der Waals surface area (Å²) in [6.07, 6.45) is 16.3. The van der Waals surface area contributed by atoms with Gasteiger partial charge in [-0.3, -0.25) is 20.2 Å². The van der Waals surface area contributed by atoms with E-state index < -0.39 is 39.8 Å². The Labute approximate surface area is 319 Å². The Morgan fingerprint density at radius 1 is 0.648 bits per heavy atom. The van der Waals surface area contributed by atoms with Gasteiger partial charge in [-0.25, -0.2) is 4.79 Å². The monoisotopic (exact) mass is 756 g/mol. The number of hydrogen-bond acceptors (Lipinski definition) is 11. The summed E-state index contributed by atoms with van der Waals surface area (Å²) in [5.41, 5.74) is 0.447. The molecule has 300 valence electrons. The molecule has 4 rings (SSSR count). The standard InChI is InChI=1S/C41H60N2O11/c1-5-7-9-11-13-15-17-23-40(3)49-29-35(53-40)27-31-25-33(42(45)46)19-21-37(31)51-39(44)52-38-22-20-34(43(47)48)26-32(38)28-36-30-50-41(4,54-36)24-18-16-14-12-10-8-6-2/h19-22,25-26,35-36H,5-18,23-24,27-30H2,1-4H3. The van der Waals surface area contributed by atoms with Crippen molar-refractivity contribution >= 4 is 17.5 Å². The van der Waals surface area contributed by atoms with E-state index >= 15 is 0 Å². The molecule has 2 aromatic rings. The molecule has 0 saturated carbocycles.